The van der Waals surface area contributed by atoms with Crippen LogP contribution in [0.1, 0.15) is 24.1 Å². The number of aromatic amines is 1. The first-order valence-corrected chi connectivity index (χ1v) is 12.2. The zero-order chi connectivity index (χ0) is 27.0. The van der Waals surface area contributed by atoms with E-state index >= 15 is 0 Å². The summed E-state index contributed by atoms with van der Waals surface area (Å²) in [5, 5.41) is 11.8. The molecule has 2 N–H and O–H groups in total. The standard InChI is InChI=1S/C28H24ClN3O6/c1-4-38-22-13-16(8-10-19(22)29)25(33)23-24(15-6-5-7-17(12-15)36-2)32(27(35)26(23)34)28-30-20-11-9-18(37-3)14-21(20)31-28/h5-14,24,33H,4H2,1-3H3,(H,30,31)/b25-23+. The van der Waals surface area contributed by atoms with Crippen LogP contribution in [-0.4, -0.2) is 47.6 Å². The van der Waals surface area contributed by atoms with Gasteiger partial charge >= 0.3 is 5.91 Å². The second-order valence-corrected chi connectivity index (χ2v) is 8.87. The van der Waals surface area contributed by atoms with Crippen molar-refractivity contribution in [2.45, 2.75) is 13.0 Å². The molecule has 1 aliphatic heterocycles. The van der Waals surface area contributed by atoms with E-state index in [0.717, 1.165) is 0 Å². The maximum absolute atomic E-state index is 13.5. The number of rotatable bonds is 7. The van der Waals surface area contributed by atoms with Crippen molar-refractivity contribution in [1.29, 1.82) is 0 Å². The number of carbonyl (C=O) groups excluding carboxylic acids is 2. The molecule has 38 heavy (non-hydrogen) atoms. The summed E-state index contributed by atoms with van der Waals surface area (Å²) in [6.45, 7) is 2.16. The number of nitrogens with zero attached hydrogens (tertiary/aromatic N) is 2. The average molecular weight is 534 g/mol. The summed E-state index contributed by atoms with van der Waals surface area (Å²) in [5.41, 5.74) is 1.90. The first kappa shape index (κ1) is 25.2. The average Bonchev–Trinajstić information content (AvgIpc) is 3.47. The number of ether oxygens (including phenoxy) is 3. The third kappa shape index (κ3) is 4.31. The molecule has 1 aliphatic rings. The van der Waals surface area contributed by atoms with Crippen LogP contribution in [0.2, 0.25) is 5.02 Å². The van der Waals surface area contributed by atoms with Crippen LogP contribution in [0.5, 0.6) is 17.2 Å². The number of Topliss-reactive ketones (excluding diaryl/α,β-unsaturated/α-hetero) is 1. The van der Waals surface area contributed by atoms with Crippen LogP contribution in [0, 0.1) is 0 Å². The van der Waals surface area contributed by atoms with Crippen molar-refractivity contribution in [1.82, 2.24) is 9.97 Å². The monoisotopic (exact) mass is 533 g/mol. The summed E-state index contributed by atoms with van der Waals surface area (Å²) in [6, 6.07) is 15.8. The lowest BCUT2D eigenvalue weighted by Crippen LogP contribution is -2.30. The van der Waals surface area contributed by atoms with E-state index in [1.165, 1.54) is 18.1 Å². The number of halogens is 1. The maximum Gasteiger partial charge on any atom is 0.302 e. The smallest absolute Gasteiger partial charge is 0.302 e. The second-order valence-electron chi connectivity index (χ2n) is 8.47. The van der Waals surface area contributed by atoms with Gasteiger partial charge in [-0.15, -0.1) is 0 Å². The summed E-state index contributed by atoms with van der Waals surface area (Å²) in [4.78, 5) is 35.9. The largest absolute Gasteiger partial charge is 0.507 e. The van der Waals surface area contributed by atoms with E-state index in [0.29, 0.717) is 45.5 Å². The van der Waals surface area contributed by atoms with Crippen LogP contribution in [0.3, 0.4) is 0 Å². The molecule has 0 aliphatic carbocycles. The number of methoxy groups -OCH3 is 2. The van der Waals surface area contributed by atoms with Gasteiger partial charge in [-0.3, -0.25) is 14.5 Å². The van der Waals surface area contributed by atoms with Crippen molar-refractivity contribution < 1.29 is 28.9 Å². The lowest BCUT2D eigenvalue weighted by atomic mass is 9.95. The third-order valence-corrected chi connectivity index (χ3v) is 6.58. The maximum atomic E-state index is 13.5. The summed E-state index contributed by atoms with van der Waals surface area (Å²) in [5.74, 6) is -0.454. The molecule has 1 amide bonds. The first-order valence-electron chi connectivity index (χ1n) is 11.8. The number of anilines is 1. The molecule has 1 aromatic heterocycles. The minimum absolute atomic E-state index is 0.105. The van der Waals surface area contributed by atoms with Gasteiger partial charge in [0.05, 0.1) is 48.5 Å². The van der Waals surface area contributed by atoms with Crippen LogP contribution in [0.15, 0.2) is 66.2 Å². The summed E-state index contributed by atoms with van der Waals surface area (Å²) >= 11 is 6.23. The molecule has 10 heteroatoms. The highest BCUT2D eigenvalue weighted by Crippen LogP contribution is 2.43. The predicted octanol–water partition coefficient (Wildman–Crippen LogP) is 5.26. The SMILES string of the molecule is CCOc1cc(/C(O)=C2\C(=O)C(=O)N(c3nc4ccc(OC)cc4[nH]3)C2c2cccc(OC)c2)ccc1Cl. The quantitative estimate of drug-likeness (QED) is 0.189. The van der Waals surface area contributed by atoms with Gasteiger partial charge in [-0.05, 0) is 55.0 Å². The van der Waals surface area contributed by atoms with Crippen molar-refractivity contribution in [3.63, 3.8) is 0 Å². The molecule has 5 rings (SSSR count). The van der Waals surface area contributed by atoms with Gasteiger partial charge in [0.15, 0.2) is 0 Å². The van der Waals surface area contributed by atoms with E-state index in [9.17, 15) is 14.7 Å². The minimum atomic E-state index is -1.00. The van der Waals surface area contributed by atoms with Crippen molar-refractivity contribution in [2.75, 3.05) is 25.7 Å². The number of benzene rings is 3. The number of amides is 1. The Bertz CT molecular complexity index is 1590. The van der Waals surface area contributed by atoms with Crippen molar-refractivity contribution in [2.24, 2.45) is 0 Å². The van der Waals surface area contributed by atoms with Gasteiger partial charge in [0, 0.05) is 11.6 Å². The molecule has 1 unspecified atom stereocenters. The van der Waals surface area contributed by atoms with Crippen LogP contribution in [0.4, 0.5) is 5.95 Å². The van der Waals surface area contributed by atoms with E-state index in [-0.39, 0.29) is 22.8 Å². The molecule has 1 atom stereocenters. The highest BCUT2D eigenvalue weighted by atomic mass is 35.5. The lowest BCUT2D eigenvalue weighted by molar-refractivity contribution is -0.132. The van der Waals surface area contributed by atoms with Crippen LogP contribution in [-0.2, 0) is 9.59 Å². The predicted molar refractivity (Wildman–Crippen MR) is 143 cm³/mol. The number of aromatic nitrogens is 2. The molecule has 0 radical (unpaired) electrons. The van der Waals surface area contributed by atoms with E-state index in [4.69, 9.17) is 25.8 Å². The van der Waals surface area contributed by atoms with E-state index in [2.05, 4.69) is 9.97 Å². The Labute approximate surface area is 223 Å². The molecule has 9 nitrogen and oxygen atoms in total. The molecule has 2 heterocycles. The second kappa shape index (κ2) is 10.1. The molecule has 0 spiro atoms. The highest BCUT2D eigenvalue weighted by molar-refractivity contribution is 6.51. The highest BCUT2D eigenvalue weighted by Gasteiger charge is 2.48. The van der Waals surface area contributed by atoms with Gasteiger partial charge < -0.3 is 24.3 Å². The van der Waals surface area contributed by atoms with Gasteiger partial charge in [-0.1, -0.05) is 23.7 Å². The molecule has 4 aromatic rings. The number of carbonyl (C=O) groups is 2. The summed E-state index contributed by atoms with van der Waals surface area (Å²) in [7, 11) is 3.07. The van der Waals surface area contributed by atoms with Crippen molar-refractivity contribution in [3.05, 3.63) is 82.4 Å². The third-order valence-electron chi connectivity index (χ3n) is 6.26. The van der Waals surface area contributed by atoms with Gasteiger partial charge in [0.2, 0.25) is 5.95 Å². The van der Waals surface area contributed by atoms with Crippen LogP contribution in [0.25, 0.3) is 16.8 Å². The molecule has 0 saturated carbocycles. The topological polar surface area (TPSA) is 114 Å². The summed E-state index contributed by atoms with van der Waals surface area (Å²) in [6.07, 6.45) is 0. The Morgan fingerprint density at radius 3 is 2.55 bits per heavy atom. The summed E-state index contributed by atoms with van der Waals surface area (Å²) < 4.78 is 16.2. The zero-order valence-corrected chi connectivity index (χ0v) is 21.6. The van der Waals surface area contributed by atoms with E-state index < -0.39 is 17.7 Å². The van der Waals surface area contributed by atoms with E-state index in [1.807, 2.05) is 0 Å². The number of ketones is 1. The number of fused-ring (bicyclic) bond motifs is 1. The number of imidazole rings is 1. The zero-order valence-electron chi connectivity index (χ0n) is 20.8. The number of nitrogens with one attached hydrogen (secondary N) is 1. The fourth-order valence-electron chi connectivity index (χ4n) is 4.47. The first-order chi connectivity index (χ1) is 18.4. The Balaban J connectivity index is 1.72. The number of aliphatic hydroxyl groups excluding tert-OH is 1. The molecule has 3 aromatic carbocycles. The Hall–Kier alpha value is -4.50. The number of aliphatic hydroxyl groups is 1. The van der Waals surface area contributed by atoms with Gasteiger partial charge in [-0.2, -0.15) is 0 Å². The van der Waals surface area contributed by atoms with Crippen LogP contribution >= 0.6 is 11.6 Å². The van der Waals surface area contributed by atoms with Crippen molar-refractivity contribution in [3.8, 4) is 17.2 Å². The molecular formula is C28H24ClN3O6. The molecule has 1 fully saturated rings. The minimum Gasteiger partial charge on any atom is -0.507 e. The Kier molecular flexibility index (Phi) is 6.69. The molecule has 1 saturated heterocycles. The van der Waals surface area contributed by atoms with Crippen molar-refractivity contribution >= 4 is 46.0 Å². The fraction of sp³-hybridized carbons (Fsp3) is 0.179. The fourth-order valence-corrected chi connectivity index (χ4v) is 4.64. The number of hydrogen-bond acceptors (Lipinski definition) is 7. The molecular weight excluding hydrogens is 510 g/mol. The van der Waals surface area contributed by atoms with Gasteiger partial charge in [0.1, 0.15) is 23.0 Å². The molecule has 194 valence electrons. The molecule has 0 bridgehead atoms. The lowest BCUT2D eigenvalue weighted by Gasteiger charge is -2.23. The van der Waals surface area contributed by atoms with Gasteiger partial charge in [-0.25, -0.2) is 4.98 Å². The Morgan fingerprint density at radius 1 is 1.05 bits per heavy atom. The van der Waals surface area contributed by atoms with Gasteiger partial charge in [0.25, 0.3) is 5.78 Å². The number of H-pyrrole nitrogens is 1. The van der Waals surface area contributed by atoms with Crippen LogP contribution < -0.4 is 19.1 Å². The van der Waals surface area contributed by atoms with E-state index in [1.54, 1.807) is 68.6 Å². The normalized spacial score (nSPS) is 16.7. The number of hydrogen-bond donors (Lipinski definition) is 2. The Morgan fingerprint density at radius 2 is 1.82 bits per heavy atom.